The van der Waals surface area contributed by atoms with Crippen LogP contribution in [-0.2, 0) is 14.4 Å². The number of nitrogens with zero attached hydrogens (tertiary/aromatic N) is 1. The Hall–Kier alpha value is -1.19. The van der Waals surface area contributed by atoms with E-state index in [1.54, 1.807) is 13.8 Å². The SMILES string of the molecule is CC.CC.CC(=O)C(C)(C)CC(C)(C)N1C(=O)CC(C)C1=O. The second-order valence-electron chi connectivity index (χ2n) is 6.60. The van der Waals surface area contributed by atoms with Gasteiger partial charge >= 0.3 is 0 Å². The molecular weight excluding hydrogens is 278 g/mol. The molecule has 1 aliphatic rings. The molecule has 1 heterocycles. The maximum atomic E-state index is 12.0. The van der Waals surface area contributed by atoms with E-state index >= 15 is 0 Å². The van der Waals surface area contributed by atoms with E-state index in [-0.39, 0.29) is 29.9 Å². The average Bonchev–Trinajstić information content (AvgIpc) is 2.67. The number of imide groups is 1. The van der Waals surface area contributed by atoms with Crippen LogP contribution in [-0.4, -0.2) is 28.0 Å². The summed E-state index contributed by atoms with van der Waals surface area (Å²) >= 11 is 0. The van der Waals surface area contributed by atoms with Gasteiger partial charge in [0.05, 0.1) is 0 Å². The minimum atomic E-state index is -0.617. The summed E-state index contributed by atoms with van der Waals surface area (Å²) in [5, 5.41) is 0. The lowest BCUT2D eigenvalue weighted by atomic mass is 9.76. The van der Waals surface area contributed by atoms with Gasteiger partial charge in [0, 0.05) is 23.3 Å². The molecule has 0 radical (unpaired) electrons. The zero-order valence-electron chi connectivity index (χ0n) is 16.2. The lowest BCUT2D eigenvalue weighted by Gasteiger charge is -2.39. The third-order valence-corrected chi connectivity index (χ3v) is 3.81. The van der Waals surface area contributed by atoms with E-state index in [4.69, 9.17) is 0 Å². The summed E-state index contributed by atoms with van der Waals surface area (Å²) in [5.41, 5.74) is -1.15. The smallest absolute Gasteiger partial charge is 0.233 e. The Bertz CT molecular complexity index is 397. The predicted molar refractivity (Wildman–Crippen MR) is 91.5 cm³/mol. The van der Waals surface area contributed by atoms with E-state index in [0.29, 0.717) is 6.42 Å². The average molecular weight is 313 g/mol. The Labute approximate surface area is 136 Å². The van der Waals surface area contributed by atoms with E-state index < -0.39 is 11.0 Å². The van der Waals surface area contributed by atoms with E-state index in [1.807, 2.05) is 55.4 Å². The Morgan fingerprint density at radius 3 is 1.77 bits per heavy atom. The molecular formula is C18H35NO3. The largest absolute Gasteiger partial charge is 0.299 e. The normalized spacial score (nSPS) is 18.3. The maximum Gasteiger partial charge on any atom is 0.233 e. The summed E-state index contributed by atoms with van der Waals surface area (Å²) in [4.78, 5) is 36.9. The van der Waals surface area contributed by atoms with Crippen LogP contribution in [0, 0.1) is 11.3 Å². The lowest BCUT2D eigenvalue weighted by molar-refractivity contribution is -0.148. The summed E-state index contributed by atoms with van der Waals surface area (Å²) in [5.74, 6) is -0.416. The van der Waals surface area contributed by atoms with Crippen LogP contribution in [0.5, 0.6) is 0 Å². The molecule has 0 saturated carbocycles. The van der Waals surface area contributed by atoms with Gasteiger partial charge in [-0.1, -0.05) is 48.5 Å². The standard InChI is InChI=1S/C14H23NO3.2C2H6/c1-9-7-11(17)15(12(9)18)14(5,6)8-13(3,4)10(2)16;2*1-2/h9H,7-8H2,1-6H3;2*1-2H3. The number of hydrogen-bond acceptors (Lipinski definition) is 3. The van der Waals surface area contributed by atoms with Gasteiger partial charge in [-0.15, -0.1) is 0 Å². The van der Waals surface area contributed by atoms with Crippen molar-refractivity contribution >= 4 is 17.6 Å². The first-order chi connectivity index (χ1) is 9.99. The Balaban J connectivity index is 0. The second-order valence-corrected chi connectivity index (χ2v) is 6.60. The van der Waals surface area contributed by atoms with Crippen molar-refractivity contribution in [3.05, 3.63) is 0 Å². The van der Waals surface area contributed by atoms with Crippen molar-refractivity contribution in [2.45, 2.75) is 87.6 Å². The van der Waals surface area contributed by atoms with Crippen LogP contribution in [0.15, 0.2) is 0 Å². The van der Waals surface area contributed by atoms with Crippen molar-refractivity contribution in [2.75, 3.05) is 0 Å². The molecule has 0 aromatic rings. The quantitative estimate of drug-likeness (QED) is 0.730. The second kappa shape index (κ2) is 9.06. The van der Waals surface area contributed by atoms with Crippen molar-refractivity contribution in [1.82, 2.24) is 4.90 Å². The Morgan fingerprint density at radius 1 is 1.09 bits per heavy atom. The highest BCUT2D eigenvalue weighted by Gasteiger charge is 2.46. The van der Waals surface area contributed by atoms with Crippen molar-refractivity contribution in [2.24, 2.45) is 11.3 Å². The molecule has 1 rings (SSSR count). The van der Waals surface area contributed by atoms with Gasteiger partial charge < -0.3 is 0 Å². The summed E-state index contributed by atoms with van der Waals surface area (Å²) in [6.07, 6.45) is 0.766. The lowest BCUT2D eigenvalue weighted by Crippen LogP contribution is -2.50. The molecule has 0 aromatic carbocycles. The molecule has 1 saturated heterocycles. The van der Waals surface area contributed by atoms with Gasteiger partial charge in [0.1, 0.15) is 5.78 Å². The first-order valence-corrected chi connectivity index (χ1v) is 8.37. The van der Waals surface area contributed by atoms with Gasteiger partial charge in [-0.2, -0.15) is 0 Å². The minimum Gasteiger partial charge on any atom is -0.299 e. The zero-order valence-corrected chi connectivity index (χ0v) is 16.2. The van der Waals surface area contributed by atoms with E-state index in [9.17, 15) is 14.4 Å². The number of hydrogen-bond donors (Lipinski definition) is 0. The summed E-state index contributed by atoms with van der Waals surface area (Å²) in [7, 11) is 0. The summed E-state index contributed by atoms with van der Waals surface area (Å²) in [6, 6.07) is 0. The van der Waals surface area contributed by atoms with Gasteiger partial charge in [-0.3, -0.25) is 19.3 Å². The number of likely N-dealkylation sites (tertiary alicyclic amines) is 1. The van der Waals surface area contributed by atoms with Crippen LogP contribution in [0.4, 0.5) is 0 Å². The fraction of sp³-hybridized carbons (Fsp3) is 0.833. The van der Waals surface area contributed by atoms with E-state index in [1.165, 1.54) is 4.90 Å². The first-order valence-electron chi connectivity index (χ1n) is 8.37. The van der Waals surface area contributed by atoms with Crippen LogP contribution >= 0.6 is 0 Å². The maximum absolute atomic E-state index is 12.0. The van der Waals surface area contributed by atoms with E-state index in [0.717, 1.165) is 0 Å². The molecule has 0 N–H and O–H groups in total. The molecule has 1 aliphatic heterocycles. The topological polar surface area (TPSA) is 54.5 Å². The minimum absolute atomic E-state index is 0.0720. The fourth-order valence-corrected chi connectivity index (χ4v) is 2.70. The molecule has 0 aliphatic carbocycles. The van der Waals surface area contributed by atoms with Crippen molar-refractivity contribution in [3.8, 4) is 0 Å². The van der Waals surface area contributed by atoms with Crippen LogP contribution < -0.4 is 0 Å². The molecule has 2 amide bonds. The third kappa shape index (κ3) is 5.54. The predicted octanol–water partition coefficient (Wildman–Crippen LogP) is 4.22. The first kappa shape index (κ1) is 23.1. The summed E-state index contributed by atoms with van der Waals surface area (Å²) < 4.78 is 0. The van der Waals surface area contributed by atoms with E-state index in [2.05, 4.69) is 0 Å². The highest BCUT2D eigenvalue weighted by atomic mass is 16.2. The Kier molecular flexibility index (Phi) is 9.51. The monoisotopic (exact) mass is 313 g/mol. The molecule has 1 atom stereocenters. The molecule has 4 nitrogen and oxygen atoms in total. The number of Topliss-reactive ketones (excluding diaryl/α,β-unsaturated/α-hetero) is 1. The molecule has 1 fully saturated rings. The summed E-state index contributed by atoms with van der Waals surface area (Å²) in [6.45, 7) is 18.7. The molecule has 1 unspecified atom stereocenters. The zero-order chi connectivity index (χ0) is 18.3. The van der Waals surface area contributed by atoms with Crippen molar-refractivity contribution < 1.29 is 14.4 Å². The highest BCUT2D eigenvalue weighted by molar-refractivity contribution is 6.04. The number of rotatable bonds is 4. The van der Waals surface area contributed by atoms with Gasteiger partial charge in [0.2, 0.25) is 11.8 Å². The third-order valence-electron chi connectivity index (χ3n) is 3.81. The molecule has 130 valence electrons. The number of carbonyl (C=O) groups is 3. The van der Waals surface area contributed by atoms with Gasteiger partial charge in [-0.25, -0.2) is 0 Å². The van der Waals surface area contributed by atoms with Crippen LogP contribution in [0.2, 0.25) is 0 Å². The molecule has 0 spiro atoms. The van der Waals surface area contributed by atoms with Gasteiger partial charge in [0.15, 0.2) is 0 Å². The van der Waals surface area contributed by atoms with Crippen molar-refractivity contribution in [1.29, 1.82) is 0 Å². The van der Waals surface area contributed by atoms with Crippen LogP contribution in [0.3, 0.4) is 0 Å². The highest BCUT2D eigenvalue weighted by Crippen LogP contribution is 2.36. The number of amides is 2. The van der Waals surface area contributed by atoms with Crippen LogP contribution in [0.1, 0.15) is 82.1 Å². The molecule has 22 heavy (non-hydrogen) atoms. The fourth-order valence-electron chi connectivity index (χ4n) is 2.70. The number of ketones is 1. The van der Waals surface area contributed by atoms with Crippen LogP contribution in [0.25, 0.3) is 0 Å². The van der Waals surface area contributed by atoms with Gasteiger partial charge in [-0.05, 0) is 27.2 Å². The molecule has 0 bridgehead atoms. The Morgan fingerprint density at radius 2 is 1.50 bits per heavy atom. The van der Waals surface area contributed by atoms with Gasteiger partial charge in [0.25, 0.3) is 0 Å². The molecule has 4 heteroatoms. The molecule has 0 aromatic heterocycles. The number of carbonyl (C=O) groups excluding carboxylic acids is 3. The van der Waals surface area contributed by atoms with Crippen molar-refractivity contribution in [3.63, 3.8) is 0 Å².